The van der Waals surface area contributed by atoms with E-state index in [4.69, 9.17) is 18.0 Å². The Morgan fingerprint density at radius 3 is 2.40 bits per heavy atom. The largest absolute Gasteiger partial charge is 0.508 e. The molecule has 0 aliphatic carbocycles. The van der Waals surface area contributed by atoms with Gasteiger partial charge in [0.2, 0.25) is 0 Å². The second-order valence-corrected chi connectivity index (χ2v) is 5.16. The summed E-state index contributed by atoms with van der Waals surface area (Å²) >= 11 is 5.14. The molecule has 0 saturated heterocycles. The first kappa shape index (κ1) is 14.3. The number of phenols is 1. The van der Waals surface area contributed by atoms with Crippen molar-refractivity contribution in [2.24, 2.45) is 5.73 Å². The van der Waals surface area contributed by atoms with Gasteiger partial charge < -0.3 is 15.7 Å². The van der Waals surface area contributed by atoms with Gasteiger partial charge in [0.15, 0.2) is 0 Å². The van der Waals surface area contributed by atoms with Crippen LogP contribution in [0.5, 0.6) is 5.75 Å². The van der Waals surface area contributed by atoms with E-state index in [9.17, 15) is 5.11 Å². The highest BCUT2D eigenvalue weighted by molar-refractivity contribution is 7.80. The van der Waals surface area contributed by atoms with Crippen molar-refractivity contribution in [2.75, 3.05) is 11.9 Å². The first-order valence-corrected chi connectivity index (χ1v) is 6.62. The molecule has 2 rings (SSSR count). The highest BCUT2D eigenvalue weighted by Gasteiger charge is 2.16. The van der Waals surface area contributed by atoms with E-state index in [1.165, 1.54) is 0 Å². The number of hydrogen-bond donors (Lipinski definition) is 2. The van der Waals surface area contributed by atoms with Crippen molar-refractivity contribution >= 4 is 28.7 Å². The highest BCUT2D eigenvalue weighted by Crippen LogP contribution is 2.28. The van der Waals surface area contributed by atoms with E-state index in [2.05, 4.69) is 4.98 Å². The average Bonchev–Trinajstić information content (AvgIpc) is 2.37. The van der Waals surface area contributed by atoms with E-state index in [-0.39, 0.29) is 5.75 Å². The van der Waals surface area contributed by atoms with Crippen molar-refractivity contribution in [2.45, 2.75) is 13.8 Å². The van der Waals surface area contributed by atoms with Crippen molar-refractivity contribution in [3.63, 3.8) is 0 Å². The summed E-state index contributed by atoms with van der Waals surface area (Å²) in [6, 6.07) is 8.86. The Morgan fingerprint density at radius 2 is 1.85 bits per heavy atom. The molecule has 0 bridgehead atoms. The van der Waals surface area contributed by atoms with Gasteiger partial charge in [-0.15, -0.1) is 0 Å². The summed E-state index contributed by atoms with van der Waals surface area (Å²) in [4.78, 5) is 6.79. The second-order valence-electron chi connectivity index (χ2n) is 4.72. The molecule has 3 N–H and O–H groups in total. The number of pyridine rings is 1. The maximum atomic E-state index is 9.37. The van der Waals surface area contributed by atoms with Gasteiger partial charge in [-0.05, 0) is 49.7 Å². The lowest BCUT2D eigenvalue weighted by molar-refractivity contribution is 0.475. The Kier molecular flexibility index (Phi) is 3.90. The summed E-state index contributed by atoms with van der Waals surface area (Å²) in [6.07, 6.45) is 0. The van der Waals surface area contributed by atoms with Crippen molar-refractivity contribution in [3.05, 3.63) is 47.2 Å². The zero-order chi connectivity index (χ0) is 14.9. The Labute approximate surface area is 123 Å². The van der Waals surface area contributed by atoms with E-state index in [1.54, 1.807) is 12.1 Å². The average molecular weight is 287 g/mol. The minimum atomic E-state index is 0.227. The topological polar surface area (TPSA) is 62.4 Å². The minimum absolute atomic E-state index is 0.227. The number of nitrogens with zero attached hydrogens (tertiary/aromatic N) is 2. The van der Waals surface area contributed by atoms with Crippen LogP contribution in [0.1, 0.15) is 16.8 Å². The predicted octanol–water partition coefficient (Wildman–Crippen LogP) is 2.81. The molecule has 5 heteroatoms. The number of rotatable bonds is 3. The number of hydrogen-bond acceptors (Lipinski definition) is 4. The molecule has 1 aromatic heterocycles. The van der Waals surface area contributed by atoms with Gasteiger partial charge >= 0.3 is 0 Å². The lowest BCUT2D eigenvalue weighted by Gasteiger charge is -2.23. The van der Waals surface area contributed by atoms with Crippen molar-refractivity contribution in [1.29, 1.82) is 0 Å². The van der Waals surface area contributed by atoms with Crippen LogP contribution in [-0.4, -0.2) is 22.1 Å². The zero-order valence-electron chi connectivity index (χ0n) is 11.7. The lowest BCUT2D eigenvalue weighted by atomic mass is 10.1. The summed E-state index contributed by atoms with van der Waals surface area (Å²) in [7, 11) is 1.90. The fraction of sp³-hybridized carbons (Fsp3) is 0.200. The van der Waals surface area contributed by atoms with Crippen LogP contribution in [0, 0.1) is 13.8 Å². The Morgan fingerprint density at radius 1 is 1.25 bits per heavy atom. The molecule has 20 heavy (non-hydrogen) atoms. The van der Waals surface area contributed by atoms with Crippen LogP contribution in [0.4, 0.5) is 11.5 Å². The molecule has 0 saturated carbocycles. The molecule has 1 aromatic carbocycles. The van der Waals surface area contributed by atoms with E-state index >= 15 is 0 Å². The Balaban J connectivity index is 2.56. The third kappa shape index (κ3) is 2.72. The van der Waals surface area contributed by atoms with Gasteiger partial charge in [-0.2, -0.15) is 0 Å². The van der Waals surface area contributed by atoms with Gasteiger partial charge in [0.25, 0.3) is 0 Å². The van der Waals surface area contributed by atoms with E-state index in [0.29, 0.717) is 4.99 Å². The molecule has 0 radical (unpaired) electrons. The van der Waals surface area contributed by atoms with Gasteiger partial charge in [-0.3, -0.25) is 0 Å². The maximum absolute atomic E-state index is 9.37. The molecule has 0 atom stereocenters. The van der Waals surface area contributed by atoms with Crippen LogP contribution < -0.4 is 10.6 Å². The van der Waals surface area contributed by atoms with Crippen LogP contribution in [0.25, 0.3) is 0 Å². The molecule has 1 heterocycles. The van der Waals surface area contributed by atoms with Gasteiger partial charge in [-0.25, -0.2) is 4.98 Å². The van der Waals surface area contributed by atoms with Crippen molar-refractivity contribution in [1.82, 2.24) is 4.98 Å². The fourth-order valence-corrected chi connectivity index (χ4v) is 2.42. The first-order valence-electron chi connectivity index (χ1n) is 6.21. The van der Waals surface area contributed by atoms with Crippen LogP contribution >= 0.6 is 12.2 Å². The smallest absolute Gasteiger partial charge is 0.143 e. The van der Waals surface area contributed by atoms with Crippen LogP contribution in [-0.2, 0) is 0 Å². The molecule has 0 amide bonds. The third-order valence-electron chi connectivity index (χ3n) is 3.13. The van der Waals surface area contributed by atoms with Crippen LogP contribution in [0.3, 0.4) is 0 Å². The minimum Gasteiger partial charge on any atom is -0.508 e. The molecular formula is C15H17N3OS. The highest BCUT2D eigenvalue weighted by atomic mass is 32.1. The number of aromatic nitrogens is 1. The van der Waals surface area contributed by atoms with Crippen molar-refractivity contribution in [3.8, 4) is 5.75 Å². The van der Waals surface area contributed by atoms with Crippen molar-refractivity contribution < 1.29 is 5.11 Å². The molecule has 0 fully saturated rings. The molecule has 2 aromatic rings. The van der Waals surface area contributed by atoms with Gasteiger partial charge in [-0.1, -0.05) is 12.2 Å². The van der Waals surface area contributed by atoms with Gasteiger partial charge in [0, 0.05) is 18.4 Å². The zero-order valence-corrected chi connectivity index (χ0v) is 12.5. The van der Waals surface area contributed by atoms with E-state index in [1.807, 2.05) is 44.0 Å². The van der Waals surface area contributed by atoms with Gasteiger partial charge in [0.05, 0.1) is 5.56 Å². The Hall–Kier alpha value is -2.14. The molecule has 0 spiro atoms. The summed E-state index contributed by atoms with van der Waals surface area (Å²) in [5.41, 5.74) is 9.42. The van der Waals surface area contributed by atoms with E-state index < -0.39 is 0 Å². The molecule has 0 aliphatic heterocycles. The Bertz CT molecular complexity index is 653. The summed E-state index contributed by atoms with van der Waals surface area (Å²) in [5, 5.41) is 9.37. The number of thiocarbonyl (C=S) groups is 1. The number of benzene rings is 1. The number of aryl methyl sites for hydroxylation is 2. The number of aromatic hydroxyl groups is 1. The van der Waals surface area contributed by atoms with Crippen LogP contribution in [0.15, 0.2) is 30.3 Å². The van der Waals surface area contributed by atoms with Gasteiger partial charge in [0.1, 0.15) is 16.6 Å². The fourth-order valence-electron chi connectivity index (χ4n) is 2.16. The molecular weight excluding hydrogens is 270 g/mol. The molecule has 0 aliphatic rings. The normalized spacial score (nSPS) is 10.3. The maximum Gasteiger partial charge on any atom is 0.143 e. The molecule has 104 valence electrons. The number of nitrogens with two attached hydrogens (primary N) is 1. The summed E-state index contributed by atoms with van der Waals surface area (Å²) in [6.45, 7) is 3.90. The number of anilines is 2. The molecule has 0 unspecified atom stereocenters. The third-order valence-corrected chi connectivity index (χ3v) is 3.33. The predicted molar refractivity (Wildman–Crippen MR) is 85.8 cm³/mol. The van der Waals surface area contributed by atoms with E-state index in [0.717, 1.165) is 28.3 Å². The monoisotopic (exact) mass is 287 g/mol. The van der Waals surface area contributed by atoms with Crippen LogP contribution in [0.2, 0.25) is 0 Å². The molecule has 4 nitrogen and oxygen atoms in total. The number of phenolic OH excluding ortho intramolecular Hbond substituents is 1. The second kappa shape index (κ2) is 5.46. The SMILES string of the molecule is Cc1cc(C)c(C(N)=S)c(N(C)c2ccc(O)cc2)n1. The lowest BCUT2D eigenvalue weighted by Crippen LogP contribution is -2.21. The summed E-state index contributed by atoms with van der Waals surface area (Å²) < 4.78 is 0. The summed E-state index contributed by atoms with van der Waals surface area (Å²) in [5.74, 6) is 0.950. The quantitative estimate of drug-likeness (QED) is 0.850. The standard InChI is InChI=1S/C15H17N3OS/c1-9-8-10(2)17-15(13(9)14(16)20)18(3)11-4-6-12(19)7-5-11/h4-8,19H,1-3H3,(H2,16,20). The first-order chi connectivity index (χ1) is 9.40.